The van der Waals surface area contributed by atoms with Crippen LogP contribution in [0.2, 0.25) is 0 Å². The lowest BCUT2D eigenvalue weighted by molar-refractivity contribution is 0.101. The molecule has 0 atom stereocenters. The van der Waals surface area contributed by atoms with Crippen molar-refractivity contribution in [3.63, 3.8) is 0 Å². The van der Waals surface area contributed by atoms with Crippen LogP contribution in [0.4, 0.5) is 5.69 Å². The lowest BCUT2D eigenvalue weighted by atomic mass is 10.00. The van der Waals surface area contributed by atoms with E-state index < -0.39 is 0 Å². The van der Waals surface area contributed by atoms with Crippen LogP contribution in [-0.4, -0.2) is 30.3 Å². The van der Waals surface area contributed by atoms with Gasteiger partial charge >= 0.3 is 0 Å². The third kappa shape index (κ3) is 4.26. The molecule has 1 aliphatic rings. The molecule has 1 N–H and O–H groups in total. The molecule has 3 rings (SSSR count). The molecular formula is C21H23N3O. The monoisotopic (exact) mass is 333 g/mol. The molecule has 4 nitrogen and oxygen atoms in total. The summed E-state index contributed by atoms with van der Waals surface area (Å²) in [7, 11) is 0. The van der Waals surface area contributed by atoms with Gasteiger partial charge in [-0.3, -0.25) is 9.69 Å². The third-order valence-corrected chi connectivity index (χ3v) is 4.70. The number of benzene rings is 2. The van der Waals surface area contributed by atoms with Crippen LogP contribution in [0.25, 0.3) is 0 Å². The first-order valence-electron chi connectivity index (χ1n) is 8.75. The minimum Gasteiger partial charge on any atom is -0.384 e. The predicted molar refractivity (Wildman–Crippen MR) is 99.7 cm³/mol. The second kappa shape index (κ2) is 7.96. The molecule has 128 valence electrons. The van der Waals surface area contributed by atoms with Gasteiger partial charge in [-0.15, -0.1) is 0 Å². The number of rotatable bonds is 6. The van der Waals surface area contributed by atoms with Gasteiger partial charge in [0.2, 0.25) is 0 Å². The topological polar surface area (TPSA) is 56.1 Å². The molecule has 4 heteroatoms. The number of nitriles is 1. The van der Waals surface area contributed by atoms with Gasteiger partial charge in [-0.1, -0.05) is 24.3 Å². The van der Waals surface area contributed by atoms with Crippen molar-refractivity contribution in [3.05, 3.63) is 64.7 Å². The summed E-state index contributed by atoms with van der Waals surface area (Å²) in [6, 6.07) is 16.0. The van der Waals surface area contributed by atoms with E-state index in [2.05, 4.69) is 40.6 Å². The molecule has 1 aliphatic heterocycles. The molecule has 0 amide bonds. The van der Waals surface area contributed by atoms with Crippen molar-refractivity contribution in [1.82, 2.24) is 4.90 Å². The van der Waals surface area contributed by atoms with Crippen LogP contribution in [0.5, 0.6) is 0 Å². The first kappa shape index (κ1) is 17.2. The highest BCUT2D eigenvalue weighted by molar-refractivity contribution is 5.99. The van der Waals surface area contributed by atoms with Crippen LogP contribution < -0.4 is 5.32 Å². The number of hydrogen-bond acceptors (Lipinski definition) is 4. The molecule has 0 fully saturated rings. The number of carbonyl (C=O) groups excluding carboxylic acids is 1. The van der Waals surface area contributed by atoms with E-state index in [9.17, 15) is 4.79 Å². The number of nitrogens with zero attached hydrogens (tertiary/aromatic N) is 2. The summed E-state index contributed by atoms with van der Waals surface area (Å²) in [6.45, 7) is 5.47. The average Bonchev–Trinajstić information content (AvgIpc) is 2.64. The first-order chi connectivity index (χ1) is 12.2. The Bertz CT molecular complexity index is 807. The van der Waals surface area contributed by atoms with Gasteiger partial charge in [-0.25, -0.2) is 0 Å². The number of ketones is 1. The molecule has 0 saturated heterocycles. The maximum atomic E-state index is 11.7. The van der Waals surface area contributed by atoms with E-state index in [0.29, 0.717) is 11.1 Å². The van der Waals surface area contributed by atoms with Gasteiger partial charge in [0, 0.05) is 37.4 Å². The van der Waals surface area contributed by atoms with Gasteiger partial charge in [0.05, 0.1) is 11.6 Å². The van der Waals surface area contributed by atoms with Crippen LogP contribution in [0.15, 0.2) is 42.5 Å². The number of nitrogens with one attached hydrogen (secondary N) is 1. The average molecular weight is 333 g/mol. The summed E-state index contributed by atoms with van der Waals surface area (Å²) in [4.78, 5) is 14.2. The normalized spacial score (nSPS) is 13.8. The van der Waals surface area contributed by atoms with Gasteiger partial charge in [-0.2, -0.15) is 5.26 Å². The number of Topliss-reactive ketones (excluding diaryl/α,β-unsaturated/α-hetero) is 1. The van der Waals surface area contributed by atoms with Gasteiger partial charge in [-0.05, 0) is 49.1 Å². The fraction of sp³-hybridized carbons (Fsp3) is 0.333. The quantitative estimate of drug-likeness (QED) is 0.648. The maximum absolute atomic E-state index is 11.7. The molecule has 2 aromatic carbocycles. The number of anilines is 1. The second-order valence-corrected chi connectivity index (χ2v) is 6.50. The van der Waals surface area contributed by atoms with Crippen molar-refractivity contribution in [2.75, 3.05) is 25.0 Å². The largest absolute Gasteiger partial charge is 0.384 e. The van der Waals surface area contributed by atoms with E-state index in [4.69, 9.17) is 5.26 Å². The minimum atomic E-state index is 0.0135. The number of hydrogen-bond donors (Lipinski definition) is 1. The summed E-state index contributed by atoms with van der Waals surface area (Å²) in [6.07, 6.45) is 2.11. The van der Waals surface area contributed by atoms with Crippen LogP contribution in [0, 0.1) is 11.3 Å². The molecule has 0 aliphatic carbocycles. The Balaban J connectivity index is 1.53. The smallest absolute Gasteiger partial charge is 0.161 e. The summed E-state index contributed by atoms with van der Waals surface area (Å²) >= 11 is 0. The predicted octanol–water partition coefficient (Wildman–Crippen LogP) is 3.62. The van der Waals surface area contributed by atoms with Crippen LogP contribution in [0.1, 0.15) is 40.4 Å². The zero-order chi connectivity index (χ0) is 17.6. The summed E-state index contributed by atoms with van der Waals surface area (Å²) in [5.74, 6) is 0.0135. The zero-order valence-electron chi connectivity index (χ0n) is 14.6. The Kier molecular flexibility index (Phi) is 5.47. The fourth-order valence-electron chi connectivity index (χ4n) is 3.34. The van der Waals surface area contributed by atoms with Crippen LogP contribution in [0.3, 0.4) is 0 Å². The molecule has 0 radical (unpaired) electrons. The van der Waals surface area contributed by atoms with E-state index in [1.807, 2.05) is 0 Å². The van der Waals surface area contributed by atoms with Crippen molar-refractivity contribution in [3.8, 4) is 6.07 Å². The number of carbonyl (C=O) groups is 1. The molecule has 1 heterocycles. The minimum absolute atomic E-state index is 0.0135. The highest BCUT2D eigenvalue weighted by Crippen LogP contribution is 2.20. The van der Waals surface area contributed by atoms with Gasteiger partial charge < -0.3 is 5.32 Å². The molecule has 0 unspecified atom stereocenters. The van der Waals surface area contributed by atoms with Gasteiger partial charge in [0.15, 0.2) is 5.78 Å². The van der Waals surface area contributed by atoms with Crippen molar-refractivity contribution < 1.29 is 4.79 Å². The zero-order valence-corrected chi connectivity index (χ0v) is 14.6. The Morgan fingerprint density at radius 2 is 2.04 bits per heavy atom. The Labute approximate surface area is 149 Å². The standard InChI is InChI=1S/C21H23N3O/c1-16(25)20-8-7-17(14-22)13-21(20)23-10-4-11-24-12-9-18-5-2-3-6-19(18)15-24/h2-3,5-8,13,23H,4,9-12,15H2,1H3. The fourth-order valence-corrected chi connectivity index (χ4v) is 3.34. The van der Waals surface area contributed by atoms with E-state index in [-0.39, 0.29) is 5.78 Å². The first-order valence-corrected chi connectivity index (χ1v) is 8.75. The molecule has 0 saturated carbocycles. The third-order valence-electron chi connectivity index (χ3n) is 4.70. The molecule has 0 bridgehead atoms. The molecule has 2 aromatic rings. The van der Waals surface area contributed by atoms with Crippen LogP contribution in [-0.2, 0) is 13.0 Å². The van der Waals surface area contributed by atoms with Crippen molar-refractivity contribution in [1.29, 1.82) is 5.26 Å². The van der Waals surface area contributed by atoms with Crippen molar-refractivity contribution >= 4 is 11.5 Å². The Hall–Kier alpha value is -2.64. The summed E-state index contributed by atoms with van der Waals surface area (Å²) < 4.78 is 0. The van der Waals surface area contributed by atoms with E-state index in [1.54, 1.807) is 25.1 Å². The highest BCUT2D eigenvalue weighted by Gasteiger charge is 2.15. The van der Waals surface area contributed by atoms with E-state index >= 15 is 0 Å². The van der Waals surface area contributed by atoms with Crippen LogP contribution >= 0.6 is 0 Å². The van der Waals surface area contributed by atoms with E-state index in [1.165, 1.54) is 11.1 Å². The molecular weight excluding hydrogens is 310 g/mol. The SMILES string of the molecule is CC(=O)c1ccc(C#N)cc1NCCCN1CCc2ccccc2C1. The summed E-state index contributed by atoms with van der Waals surface area (Å²) in [5.41, 5.74) is 4.88. The number of fused-ring (bicyclic) bond motifs is 1. The van der Waals surface area contributed by atoms with E-state index in [0.717, 1.165) is 44.7 Å². The Morgan fingerprint density at radius 1 is 1.24 bits per heavy atom. The van der Waals surface area contributed by atoms with Crippen molar-refractivity contribution in [2.24, 2.45) is 0 Å². The van der Waals surface area contributed by atoms with Gasteiger partial charge in [0.25, 0.3) is 0 Å². The summed E-state index contributed by atoms with van der Waals surface area (Å²) in [5, 5.41) is 12.4. The van der Waals surface area contributed by atoms with Crippen molar-refractivity contribution in [2.45, 2.75) is 26.3 Å². The lowest BCUT2D eigenvalue weighted by Crippen LogP contribution is -2.32. The van der Waals surface area contributed by atoms with Gasteiger partial charge in [0.1, 0.15) is 0 Å². The lowest BCUT2D eigenvalue weighted by Gasteiger charge is -2.28. The molecule has 0 aromatic heterocycles. The Morgan fingerprint density at radius 3 is 2.80 bits per heavy atom. The molecule has 25 heavy (non-hydrogen) atoms. The second-order valence-electron chi connectivity index (χ2n) is 6.50. The highest BCUT2D eigenvalue weighted by atomic mass is 16.1. The molecule has 0 spiro atoms. The maximum Gasteiger partial charge on any atom is 0.161 e.